The lowest BCUT2D eigenvalue weighted by atomic mass is 9.98. The van der Waals surface area contributed by atoms with Crippen LogP contribution in [0.5, 0.6) is 0 Å². The first-order valence-electron chi connectivity index (χ1n) is 16.3. The molecule has 2 aliphatic rings. The Morgan fingerprint density at radius 3 is 1.90 bits per heavy atom. The molecule has 1 saturated heterocycles. The number of alkyl carbamates (subject to hydrolysis) is 1. The molecule has 1 aliphatic carbocycles. The lowest BCUT2D eigenvalue weighted by molar-refractivity contribution is -0.464. The first-order chi connectivity index (χ1) is 24.5. The predicted molar refractivity (Wildman–Crippen MR) is 172 cm³/mol. The topological polar surface area (TPSA) is 132 Å². The van der Waals surface area contributed by atoms with Crippen LogP contribution < -0.4 is 16.0 Å². The zero-order chi connectivity index (χ0) is 37.8. The molecule has 278 valence electrons. The van der Waals surface area contributed by atoms with Crippen molar-refractivity contribution in [1.82, 2.24) is 16.0 Å². The summed E-state index contributed by atoms with van der Waals surface area (Å²) >= 11 is 0. The quantitative estimate of drug-likeness (QED) is 0.174. The van der Waals surface area contributed by atoms with Crippen molar-refractivity contribution < 1.29 is 59.7 Å². The summed E-state index contributed by atoms with van der Waals surface area (Å²) in [4.78, 5) is 52.6. The molecule has 0 saturated carbocycles. The molecule has 0 bridgehead atoms. The average Bonchev–Trinajstić information content (AvgIpc) is 3.40. The van der Waals surface area contributed by atoms with E-state index >= 15 is 0 Å². The number of hydrogen-bond donors (Lipinski definition) is 3. The number of esters is 1. The van der Waals surface area contributed by atoms with Gasteiger partial charge in [-0.2, -0.15) is 26.3 Å². The largest absolute Gasteiger partial charge is 0.465 e. The minimum absolute atomic E-state index is 0.0432. The van der Waals surface area contributed by atoms with Gasteiger partial charge in [-0.1, -0.05) is 92.7 Å². The second kappa shape index (κ2) is 15.2. The molecule has 5 rings (SSSR count). The maximum absolute atomic E-state index is 13.6. The number of rotatable bonds is 11. The van der Waals surface area contributed by atoms with Crippen molar-refractivity contribution in [2.24, 2.45) is 5.92 Å². The molecule has 52 heavy (non-hydrogen) atoms. The van der Waals surface area contributed by atoms with Gasteiger partial charge >= 0.3 is 30.2 Å². The molecule has 16 heteroatoms. The highest BCUT2D eigenvalue weighted by molar-refractivity contribution is 5.93. The number of halogens is 6. The Kier molecular flexibility index (Phi) is 11.2. The van der Waals surface area contributed by atoms with Gasteiger partial charge < -0.3 is 30.2 Å². The molecule has 1 fully saturated rings. The van der Waals surface area contributed by atoms with Crippen LogP contribution >= 0.6 is 0 Å². The molecule has 10 nitrogen and oxygen atoms in total. The number of carbonyl (C=O) groups excluding carboxylic acids is 4. The van der Waals surface area contributed by atoms with Crippen LogP contribution in [-0.2, 0) is 35.0 Å². The zero-order valence-corrected chi connectivity index (χ0v) is 27.8. The lowest BCUT2D eigenvalue weighted by Crippen LogP contribution is -2.68. The normalized spacial score (nSPS) is 18.0. The summed E-state index contributed by atoms with van der Waals surface area (Å²) in [7, 11) is 0. The summed E-state index contributed by atoms with van der Waals surface area (Å²) in [6.45, 7) is 1.99. The lowest BCUT2D eigenvalue weighted by Gasteiger charge is -2.40. The first kappa shape index (κ1) is 38.1. The SMILES string of the molecule is CC(C)C[C@H](NC(=O)OCC1c2ccccc2-c2ccccc21)C(=O)N[C@@H](Cc1ccccc1)C(=O)N[C@H]1COC(C(F)(F)F)(C(F)(F)F)OC1=O. The van der Waals surface area contributed by atoms with Gasteiger partial charge in [0.1, 0.15) is 18.7 Å². The van der Waals surface area contributed by atoms with Crippen LogP contribution in [0, 0.1) is 5.92 Å². The molecule has 0 unspecified atom stereocenters. The molecule has 0 radical (unpaired) electrons. The summed E-state index contributed by atoms with van der Waals surface area (Å²) < 4.78 is 93.6. The summed E-state index contributed by atoms with van der Waals surface area (Å²) in [5.41, 5.74) is 4.47. The van der Waals surface area contributed by atoms with Crippen molar-refractivity contribution in [2.45, 2.75) is 68.9 Å². The molecule has 1 heterocycles. The van der Waals surface area contributed by atoms with Gasteiger partial charge in [0.25, 0.3) is 0 Å². The third-order valence-electron chi connectivity index (χ3n) is 8.62. The van der Waals surface area contributed by atoms with Gasteiger partial charge in [0, 0.05) is 12.3 Å². The van der Waals surface area contributed by atoms with Crippen molar-refractivity contribution in [1.29, 1.82) is 0 Å². The van der Waals surface area contributed by atoms with E-state index in [1.54, 1.807) is 44.2 Å². The number of alkyl halides is 6. The minimum atomic E-state index is -6.18. The molecule has 3 aromatic carbocycles. The predicted octanol–water partition coefficient (Wildman–Crippen LogP) is 5.55. The maximum atomic E-state index is 13.6. The second-order valence-corrected chi connectivity index (χ2v) is 12.8. The van der Waals surface area contributed by atoms with Crippen LogP contribution in [0.2, 0.25) is 0 Å². The number of carbonyl (C=O) groups is 4. The van der Waals surface area contributed by atoms with Crippen molar-refractivity contribution in [3.05, 3.63) is 95.6 Å². The zero-order valence-electron chi connectivity index (χ0n) is 27.8. The first-order valence-corrected chi connectivity index (χ1v) is 16.3. The van der Waals surface area contributed by atoms with E-state index in [0.717, 1.165) is 22.3 Å². The van der Waals surface area contributed by atoms with Crippen LogP contribution in [-0.4, -0.2) is 73.4 Å². The van der Waals surface area contributed by atoms with E-state index in [2.05, 4.69) is 20.1 Å². The summed E-state index contributed by atoms with van der Waals surface area (Å²) in [6, 6.07) is 18.7. The van der Waals surface area contributed by atoms with Gasteiger partial charge in [-0.25, -0.2) is 9.59 Å². The molecule has 3 atom stereocenters. The average molecular weight is 736 g/mol. The van der Waals surface area contributed by atoms with E-state index in [1.807, 2.05) is 53.8 Å². The number of benzene rings is 3. The highest BCUT2D eigenvalue weighted by Gasteiger charge is 2.78. The van der Waals surface area contributed by atoms with E-state index in [1.165, 1.54) is 0 Å². The maximum Gasteiger partial charge on any atom is 0.465 e. The molecule has 0 spiro atoms. The fourth-order valence-electron chi connectivity index (χ4n) is 6.14. The Morgan fingerprint density at radius 2 is 1.37 bits per heavy atom. The smallest absolute Gasteiger partial charge is 0.449 e. The molecule has 3 amide bonds. The minimum Gasteiger partial charge on any atom is -0.449 e. The fraction of sp³-hybridized carbons (Fsp3) is 0.389. The summed E-state index contributed by atoms with van der Waals surface area (Å²) in [6.07, 6.45) is -13.4. The highest BCUT2D eigenvalue weighted by atomic mass is 19.4. The van der Waals surface area contributed by atoms with E-state index < -0.39 is 66.7 Å². The van der Waals surface area contributed by atoms with E-state index in [9.17, 15) is 45.5 Å². The second-order valence-electron chi connectivity index (χ2n) is 12.8. The molecule has 3 aromatic rings. The Labute approximate surface area is 294 Å². The third-order valence-corrected chi connectivity index (χ3v) is 8.62. The van der Waals surface area contributed by atoms with Crippen LogP contribution in [0.4, 0.5) is 31.1 Å². The summed E-state index contributed by atoms with van der Waals surface area (Å²) in [5.74, 6) is -9.66. The van der Waals surface area contributed by atoms with Crippen LogP contribution in [0.25, 0.3) is 11.1 Å². The number of cyclic esters (lactones) is 1. The number of nitrogens with one attached hydrogen (secondary N) is 3. The van der Waals surface area contributed by atoms with Gasteiger partial charge in [-0.3, -0.25) is 9.59 Å². The number of fused-ring (bicyclic) bond motifs is 3. The van der Waals surface area contributed by atoms with Crippen molar-refractivity contribution >= 4 is 23.9 Å². The van der Waals surface area contributed by atoms with Crippen molar-refractivity contribution in [3.8, 4) is 11.1 Å². The van der Waals surface area contributed by atoms with Gasteiger partial charge in [-0.05, 0) is 40.2 Å². The number of ether oxygens (including phenoxy) is 3. The molecular weight excluding hydrogens is 700 g/mol. The van der Waals surface area contributed by atoms with Crippen LogP contribution in [0.15, 0.2) is 78.9 Å². The van der Waals surface area contributed by atoms with Crippen molar-refractivity contribution in [3.63, 3.8) is 0 Å². The Balaban J connectivity index is 1.28. The van der Waals surface area contributed by atoms with E-state index in [-0.39, 0.29) is 31.3 Å². The van der Waals surface area contributed by atoms with Gasteiger partial charge in [-0.15, -0.1) is 0 Å². The van der Waals surface area contributed by atoms with Crippen molar-refractivity contribution in [2.75, 3.05) is 13.2 Å². The van der Waals surface area contributed by atoms with Gasteiger partial charge in [0.15, 0.2) is 6.04 Å². The molecule has 1 aliphatic heterocycles. The molecule has 3 N–H and O–H groups in total. The molecule has 0 aromatic heterocycles. The van der Waals surface area contributed by atoms with E-state index in [0.29, 0.717) is 5.56 Å². The van der Waals surface area contributed by atoms with Crippen LogP contribution in [0.3, 0.4) is 0 Å². The number of hydrogen-bond acceptors (Lipinski definition) is 7. The Bertz CT molecular complexity index is 1720. The standard InChI is InChI=1S/C36H35F6N3O7/c1-20(2)16-27(45-33(49)50-18-26-24-14-8-6-12-22(24)23-13-7-9-15-25(23)26)30(46)43-28(17-21-10-4-3-5-11-21)31(47)44-29-19-51-34(35(37,38)39,36(40,41)42)52-32(29)48/h3-15,20,26-29H,16-19H2,1-2H3,(H,43,46)(H,44,47)(H,45,49)/t27-,28-,29-/m0/s1. The number of amides is 3. The van der Waals surface area contributed by atoms with Crippen LogP contribution in [0.1, 0.15) is 42.9 Å². The Morgan fingerprint density at radius 1 is 0.808 bits per heavy atom. The summed E-state index contributed by atoms with van der Waals surface area (Å²) in [5, 5.41) is 7.06. The fourth-order valence-corrected chi connectivity index (χ4v) is 6.14. The highest BCUT2D eigenvalue weighted by Crippen LogP contribution is 2.48. The molecular formula is C36H35F6N3O7. The van der Waals surface area contributed by atoms with E-state index in [4.69, 9.17) is 4.74 Å². The third kappa shape index (κ3) is 8.16. The Hall–Kier alpha value is -5.12. The van der Waals surface area contributed by atoms with Gasteiger partial charge in [0.2, 0.25) is 11.8 Å². The monoisotopic (exact) mass is 735 g/mol. The van der Waals surface area contributed by atoms with Gasteiger partial charge in [0.05, 0.1) is 6.61 Å².